The third-order valence-electron chi connectivity index (χ3n) is 2.47. The van der Waals surface area contributed by atoms with Crippen LogP contribution in [0, 0.1) is 5.82 Å². The smallest absolute Gasteiger partial charge is 0.233 e. The Balaban J connectivity index is 1.86. The van der Waals surface area contributed by atoms with Crippen LogP contribution in [0.25, 0.3) is 0 Å². The van der Waals surface area contributed by atoms with E-state index in [1.54, 1.807) is 25.2 Å². The fraction of sp³-hybridized carbons (Fsp3) is 0.250. The maximum atomic E-state index is 13.4. The van der Waals surface area contributed by atoms with Gasteiger partial charge in [-0.3, -0.25) is 9.89 Å². The minimum Gasteiger partial charge on any atom is -0.338 e. The van der Waals surface area contributed by atoms with Crippen LogP contribution in [0.4, 0.5) is 4.39 Å². The number of H-pyrrole nitrogens is 1. The molecule has 0 saturated heterocycles. The number of nitrogens with one attached hydrogen (secondary N) is 1. The van der Waals surface area contributed by atoms with Crippen molar-refractivity contribution in [1.82, 2.24) is 20.1 Å². The van der Waals surface area contributed by atoms with Gasteiger partial charge in [-0.2, -0.15) is 5.10 Å². The molecule has 2 rings (SSSR count). The van der Waals surface area contributed by atoms with E-state index in [1.807, 2.05) is 0 Å². The summed E-state index contributed by atoms with van der Waals surface area (Å²) in [5.41, 5.74) is 0. The minimum absolute atomic E-state index is 0.0929. The first-order valence-electron chi connectivity index (χ1n) is 5.62. The summed E-state index contributed by atoms with van der Waals surface area (Å²) in [6, 6.07) is 6.40. The molecule has 0 aliphatic rings. The highest BCUT2D eigenvalue weighted by atomic mass is 32.2. The van der Waals surface area contributed by atoms with Crippen molar-refractivity contribution in [3.8, 4) is 0 Å². The topological polar surface area (TPSA) is 61.9 Å². The van der Waals surface area contributed by atoms with Gasteiger partial charge in [0.1, 0.15) is 18.0 Å². The van der Waals surface area contributed by atoms with E-state index in [4.69, 9.17) is 0 Å². The molecule has 0 saturated carbocycles. The third kappa shape index (κ3) is 3.78. The molecule has 7 heteroatoms. The summed E-state index contributed by atoms with van der Waals surface area (Å²) in [4.78, 5) is 17.8. The molecule has 19 heavy (non-hydrogen) atoms. The number of nitrogens with zero attached hydrogens (tertiary/aromatic N) is 3. The predicted molar refractivity (Wildman–Crippen MR) is 70.0 cm³/mol. The lowest BCUT2D eigenvalue weighted by atomic mass is 10.3. The quantitative estimate of drug-likeness (QED) is 0.847. The van der Waals surface area contributed by atoms with Crippen molar-refractivity contribution < 1.29 is 9.18 Å². The highest BCUT2D eigenvalue weighted by molar-refractivity contribution is 8.00. The van der Waals surface area contributed by atoms with Gasteiger partial charge in [0.05, 0.1) is 12.3 Å². The lowest BCUT2D eigenvalue weighted by molar-refractivity contribution is -0.127. The number of thioether (sulfide) groups is 1. The number of carbonyl (C=O) groups excluding carboxylic acids is 1. The average molecular weight is 280 g/mol. The second-order valence-electron chi connectivity index (χ2n) is 3.90. The molecule has 1 amide bonds. The van der Waals surface area contributed by atoms with E-state index in [-0.39, 0.29) is 17.5 Å². The molecule has 0 atom stereocenters. The summed E-state index contributed by atoms with van der Waals surface area (Å²) >= 11 is 1.18. The maximum Gasteiger partial charge on any atom is 0.233 e. The number of hydrogen-bond acceptors (Lipinski definition) is 4. The lowest BCUT2D eigenvalue weighted by Crippen LogP contribution is -2.28. The van der Waals surface area contributed by atoms with Crippen molar-refractivity contribution in [2.24, 2.45) is 0 Å². The molecule has 1 aromatic heterocycles. The van der Waals surface area contributed by atoms with Crippen molar-refractivity contribution in [2.45, 2.75) is 11.4 Å². The lowest BCUT2D eigenvalue weighted by Gasteiger charge is -2.15. The summed E-state index contributed by atoms with van der Waals surface area (Å²) in [7, 11) is 1.67. The van der Waals surface area contributed by atoms with E-state index < -0.39 is 0 Å². The number of amides is 1. The highest BCUT2D eigenvalue weighted by Gasteiger charge is 2.12. The minimum atomic E-state index is -0.307. The van der Waals surface area contributed by atoms with Gasteiger partial charge < -0.3 is 4.90 Å². The number of rotatable bonds is 5. The van der Waals surface area contributed by atoms with Crippen molar-refractivity contribution in [1.29, 1.82) is 0 Å². The van der Waals surface area contributed by atoms with Gasteiger partial charge in [-0.05, 0) is 12.1 Å². The number of aromatic amines is 1. The molecule has 0 unspecified atom stereocenters. The van der Waals surface area contributed by atoms with Crippen molar-refractivity contribution >= 4 is 17.7 Å². The van der Waals surface area contributed by atoms with Crippen LogP contribution in [0.15, 0.2) is 35.5 Å². The Hall–Kier alpha value is -1.89. The van der Waals surface area contributed by atoms with Gasteiger partial charge in [-0.25, -0.2) is 9.37 Å². The second-order valence-corrected chi connectivity index (χ2v) is 4.92. The van der Waals surface area contributed by atoms with Crippen LogP contribution in [-0.4, -0.2) is 38.8 Å². The fourth-order valence-electron chi connectivity index (χ4n) is 1.43. The van der Waals surface area contributed by atoms with Crippen LogP contribution in [0.3, 0.4) is 0 Å². The first-order chi connectivity index (χ1) is 9.16. The molecule has 0 aliphatic heterocycles. The molecular weight excluding hydrogens is 267 g/mol. The molecule has 1 heterocycles. The Morgan fingerprint density at radius 2 is 2.26 bits per heavy atom. The molecular formula is C12H13FN4OS. The van der Waals surface area contributed by atoms with Gasteiger partial charge >= 0.3 is 0 Å². The van der Waals surface area contributed by atoms with Gasteiger partial charge in [0.15, 0.2) is 0 Å². The average Bonchev–Trinajstić information content (AvgIpc) is 2.90. The molecule has 1 N–H and O–H groups in total. The molecule has 5 nitrogen and oxygen atoms in total. The van der Waals surface area contributed by atoms with Crippen molar-refractivity contribution in [3.05, 3.63) is 42.2 Å². The monoisotopic (exact) mass is 280 g/mol. The van der Waals surface area contributed by atoms with Gasteiger partial charge in [0.25, 0.3) is 0 Å². The fourth-order valence-corrected chi connectivity index (χ4v) is 2.31. The highest BCUT2D eigenvalue weighted by Crippen LogP contribution is 2.21. The normalized spacial score (nSPS) is 10.4. The third-order valence-corrected chi connectivity index (χ3v) is 3.50. The first-order valence-corrected chi connectivity index (χ1v) is 6.61. The number of aromatic nitrogens is 3. The van der Waals surface area contributed by atoms with Gasteiger partial charge in [0.2, 0.25) is 5.91 Å². The van der Waals surface area contributed by atoms with Crippen LogP contribution in [0.2, 0.25) is 0 Å². The zero-order chi connectivity index (χ0) is 13.7. The van der Waals surface area contributed by atoms with E-state index in [0.29, 0.717) is 17.3 Å². The number of benzene rings is 1. The van der Waals surface area contributed by atoms with Gasteiger partial charge in [0, 0.05) is 11.9 Å². The Bertz CT molecular complexity index is 546. The van der Waals surface area contributed by atoms with E-state index in [0.717, 1.165) is 0 Å². The SMILES string of the molecule is CN(Cc1ncn[nH]1)C(=O)CSc1ccccc1F. The Morgan fingerprint density at radius 1 is 1.47 bits per heavy atom. The van der Waals surface area contributed by atoms with Gasteiger partial charge in [-0.1, -0.05) is 12.1 Å². The first kappa shape index (κ1) is 13.5. The molecule has 100 valence electrons. The Labute approximate surface area is 114 Å². The second kappa shape index (κ2) is 6.33. The summed E-state index contributed by atoms with van der Waals surface area (Å²) in [6.07, 6.45) is 1.39. The largest absolute Gasteiger partial charge is 0.338 e. The number of carbonyl (C=O) groups is 1. The van der Waals surface area contributed by atoms with Crippen molar-refractivity contribution in [2.75, 3.05) is 12.8 Å². The van der Waals surface area contributed by atoms with Gasteiger partial charge in [-0.15, -0.1) is 11.8 Å². The van der Waals surface area contributed by atoms with Crippen LogP contribution in [0.1, 0.15) is 5.82 Å². The van der Waals surface area contributed by atoms with Crippen LogP contribution in [0.5, 0.6) is 0 Å². The molecule has 0 fully saturated rings. The maximum absolute atomic E-state index is 13.4. The van der Waals surface area contributed by atoms with Crippen molar-refractivity contribution in [3.63, 3.8) is 0 Å². The van der Waals surface area contributed by atoms with E-state index in [2.05, 4.69) is 15.2 Å². The summed E-state index contributed by atoms with van der Waals surface area (Å²) < 4.78 is 13.4. The standard InChI is InChI=1S/C12H13FN4OS/c1-17(6-11-14-8-15-16-11)12(18)7-19-10-5-3-2-4-9(10)13/h2-5,8H,6-7H2,1H3,(H,14,15,16). The Kier molecular flexibility index (Phi) is 4.51. The molecule has 2 aromatic rings. The van der Waals surface area contributed by atoms with E-state index >= 15 is 0 Å². The summed E-state index contributed by atoms with van der Waals surface area (Å²) in [5, 5.41) is 6.39. The molecule has 1 aromatic carbocycles. The van der Waals surface area contributed by atoms with Crippen LogP contribution < -0.4 is 0 Å². The molecule has 0 spiro atoms. The summed E-state index contributed by atoms with van der Waals surface area (Å²) in [5.74, 6) is 0.403. The van der Waals surface area contributed by atoms with Crippen LogP contribution in [-0.2, 0) is 11.3 Å². The molecule has 0 radical (unpaired) electrons. The molecule has 0 bridgehead atoms. The zero-order valence-electron chi connectivity index (χ0n) is 10.3. The number of hydrogen-bond donors (Lipinski definition) is 1. The van der Waals surface area contributed by atoms with Crippen LogP contribution >= 0.6 is 11.8 Å². The number of halogens is 1. The summed E-state index contributed by atoms with van der Waals surface area (Å²) in [6.45, 7) is 0.358. The molecule has 0 aliphatic carbocycles. The Morgan fingerprint density at radius 3 is 2.95 bits per heavy atom. The van der Waals surface area contributed by atoms with E-state index in [9.17, 15) is 9.18 Å². The predicted octanol–water partition coefficient (Wildman–Crippen LogP) is 1.69. The zero-order valence-corrected chi connectivity index (χ0v) is 11.2. The van der Waals surface area contributed by atoms with E-state index in [1.165, 1.54) is 29.1 Å².